The van der Waals surface area contributed by atoms with E-state index in [9.17, 15) is 5.11 Å². The van der Waals surface area contributed by atoms with Gasteiger partial charge in [-0.3, -0.25) is 4.90 Å². The average Bonchev–Trinajstić information content (AvgIpc) is 3.38. The molecule has 0 spiro atoms. The van der Waals surface area contributed by atoms with E-state index < -0.39 is 0 Å². The molecule has 0 aliphatic heterocycles. The fraction of sp³-hybridized carbons (Fsp3) is 0.0811. The van der Waals surface area contributed by atoms with Crippen LogP contribution in [0.1, 0.15) is 16.7 Å². The molecule has 3 heterocycles. The van der Waals surface area contributed by atoms with Crippen molar-refractivity contribution in [2.24, 2.45) is 0 Å². The van der Waals surface area contributed by atoms with E-state index in [0.717, 1.165) is 39.1 Å². The van der Waals surface area contributed by atoms with E-state index >= 15 is 0 Å². The first-order valence-electron chi connectivity index (χ1n) is 14.0. The number of rotatable bonds is 5. The molecule has 0 saturated carbocycles. The Morgan fingerprint density at radius 1 is 0.714 bits per heavy atom. The summed E-state index contributed by atoms with van der Waals surface area (Å²) in [6.45, 7) is 6.41. The Morgan fingerprint density at radius 2 is 1.48 bits per heavy atom. The second-order valence-electron chi connectivity index (χ2n) is 10.7. The number of nitrogens with zero attached hydrogens (tertiary/aromatic N) is 3. The van der Waals surface area contributed by atoms with E-state index in [0.29, 0.717) is 22.5 Å². The van der Waals surface area contributed by atoms with E-state index in [-0.39, 0.29) is 5.75 Å². The maximum atomic E-state index is 10.7. The molecule has 4 aromatic carbocycles. The second-order valence-corrected chi connectivity index (χ2v) is 10.7. The van der Waals surface area contributed by atoms with Crippen LogP contribution in [0.3, 0.4) is 0 Å². The maximum Gasteiger partial charge on any atom is 0.161 e. The highest BCUT2D eigenvalue weighted by molar-refractivity contribution is 6.10. The van der Waals surface area contributed by atoms with Crippen LogP contribution in [0.25, 0.3) is 44.5 Å². The summed E-state index contributed by atoms with van der Waals surface area (Å²) < 4.78 is 6.43. The number of aromatic hydroxyl groups is 1. The molecule has 3 aromatic heterocycles. The number of phenols is 1. The quantitative estimate of drug-likeness (QED) is 0.232. The summed E-state index contributed by atoms with van der Waals surface area (Å²) >= 11 is 0. The molecule has 1 N–H and O–H groups in total. The first-order valence-corrected chi connectivity index (χ1v) is 14.0. The minimum atomic E-state index is 0.184. The van der Waals surface area contributed by atoms with Crippen LogP contribution in [0.15, 0.2) is 120 Å². The number of pyridine rings is 2. The molecule has 204 valence electrons. The molecule has 7 rings (SSSR count). The Kier molecular flexibility index (Phi) is 6.20. The van der Waals surface area contributed by atoms with Crippen LogP contribution in [0.2, 0.25) is 0 Å². The molecule has 0 aliphatic carbocycles. The molecule has 5 heteroatoms. The van der Waals surface area contributed by atoms with E-state index in [1.165, 1.54) is 16.7 Å². The van der Waals surface area contributed by atoms with Gasteiger partial charge in [-0.05, 0) is 80.4 Å². The maximum absolute atomic E-state index is 10.7. The highest BCUT2D eigenvalue weighted by Crippen LogP contribution is 2.42. The van der Waals surface area contributed by atoms with E-state index in [1.54, 1.807) is 6.07 Å². The Morgan fingerprint density at radius 3 is 2.26 bits per heavy atom. The minimum Gasteiger partial charge on any atom is -0.507 e. The van der Waals surface area contributed by atoms with Crippen LogP contribution >= 0.6 is 0 Å². The van der Waals surface area contributed by atoms with Gasteiger partial charge in [0, 0.05) is 33.8 Å². The summed E-state index contributed by atoms with van der Waals surface area (Å²) in [6.07, 6.45) is 1.82. The normalized spacial score (nSPS) is 11.3. The van der Waals surface area contributed by atoms with Crippen molar-refractivity contribution in [1.82, 2.24) is 9.97 Å². The van der Waals surface area contributed by atoms with Crippen molar-refractivity contribution in [2.45, 2.75) is 20.8 Å². The largest absolute Gasteiger partial charge is 0.507 e. The first kappa shape index (κ1) is 25.5. The lowest BCUT2D eigenvalue weighted by Crippen LogP contribution is -2.14. The SMILES string of the molecule is Cc1cc(C)c(N(c2cccc(-c3nc(-c4ccccc4O)cc4c3oc3ccccc34)c2)c2ccccn2)c(C)c1. The number of benzene rings is 4. The zero-order valence-electron chi connectivity index (χ0n) is 23.7. The number of anilines is 3. The van der Waals surface area contributed by atoms with E-state index in [2.05, 4.69) is 62.1 Å². The van der Waals surface area contributed by atoms with Crippen molar-refractivity contribution in [3.63, 3.8) is 0 Å². The Balaban J connectivity index is 1.49. The number of hydrogen-bond donors (Lipinski definition) is 1. The van der Waals surface area contributed by atoms with Crippen molar-refractivity contribution in [2.75, 3.05) is 4.90 Å². The Hall–Kier alpha value is -5.42. The minimum absolute atomic E-state index is 0.184. The van der Waals surface area contributed by atoms with Crippen molar-refractivity contribution >= 4 is 39.1 Å². The number of para-hydroxylation sites is 2. The van der Waals surface area contributed by atoms with Crippen molar-refractivity contribution in [3.8, 4) is 28.3 Å². The molecular weight excluding hydrogens is 518 g/mol. The number of hydrogen-bond acceptors (Lipinski definition) is 5. The molecule has 0 amide bonds. The van der Waals surface area contributed by atoms with Gasteiger partial charge in [-0.2, -0.15) is 0 Å². The second kappa shape index (κ2) is 10.2. The zero-order chi connectivity index (χ0) is 28.8. The van der Waals surface area contributed by atoms with Gasteiger partial charge in [-0.25, -0.2) is 9.97 Å². The highest BCUT2D eigenvalue weighted by Gasteiger charge is 2.21. The summed E-state index contributed by atoms with van der Waals surface area (Å²) in [7, 11) is 0. The third-order valence-corrected chi connectivity index (χ3v) is 7.66. The highest BCUT2D eigenvalue weighted by atomic mass is 16.3. The molecule has 0 aliphatic rings. The summed E-state index contributed by atoms with van der Waals surface area (Å²) in [6, 6.07) is 36.0. The number of fused-ring (bicyclic) bond motifs is 3. The Bertz CT molecular complexity index is 2070. The van der Waals surface area contributed by atoms with Gasteiger partial charge in [0.15, 0.2) is 5.58 Å². The lowest BCUT2D eigenvalue weighted by molar-refractivity contribution is 0.477. The van der Waals surface area contributed by atoms with E-state index in [4.69, 9.17) is 14.4 Å². The van der Waals surface area contributed by atoms with Gasteiger partial charge < -0.3 is 9.52 Å². The van der Waals surface area contributed by atoms with E-state index in [1.807, 2.05) is 72.9 Å². The van der Waals surface area contributed by atoms with Gasteiger partial charge in [0.25, 0.3) is 0 Å². The summed E-state index contributed by atoms with van der Waals surface area (Å²) in [5.74, 6) is 1.01. The molecule has 42 heavy (non-hydrogen) atoms. The molecule has 0 bridgehead atoms. The topological polar surface area (TPSA) is 62.4 Å². The van der Waals surface area contributed by atoms with Gasteiger partial charge in [-0.1, -0.05) is 66.2 Å². The number of aryl methyl sites for hydroxylation is 3. The van der Waals surface area contributed by atoms with Gasteiger partial charge in [0.1, 0.15) is 22.8 Å². The fourth-order valence-corrected chi connectivity index (χ4v) is 5.93. The van der Waals surface area contributed by atoms with Crippen LogP contribution < -0.4 is 4.90 Å². The van der Waals surface area contributed by atoms with Crippen molar-refractivity contribution in [1.29, 1.82) is 0 Å². The van der Waals surface area contributed by atoms with Gasteiger partial charge in [-0.15, -0.1) is 0 Å². The number of furan rings is 1. The third kappa shape index (κ3) is 4.36. The van der Waals surface area contributed by atoms with Gasteiger partial charge in [0.2, 0.25) is 0 Å². The molecule has 5 nitrogen and oxygen atoms in total. The van der Waals surface area contributed by atoms with Crippen LogP contribution in [0, 0.1) is 20.8 Å². The molecule has 0 unspecified atom stereocenters. The smallest absolute Gasteiger partial charge is 0.161 e. The van der Waals surface area contributed by atoms with Crippen LogP contribution in [0.5, 0.6) is 5.75 Å². The molecule has 0 saturated heterocycles. The average molecular weight is 548 g/mol. The summed E-state index contributed by atoms with van der Waals surface area (Å²) in [5, 5.41) is 12.7. The van der Waals surface area contributed by atoms with Gasteiger partial charge in [0.05, 0.1) is 11.4 Å². The first-order chi connectivity index (χ1) is 20.5. The molecule has 0 atom stereocenters. The monoisotopic (exact) mass is 547 g/mol. The van der Waals surface area contributed by atoms with Crippen LogP contribution in [-0.2, 0) is 0 Å². The van der Waals surface area contributed by atoms with Crippen LogP contribution in [0.4, 0.5) is 17.2 Å². The van der Waals surface area contributed by atoms with Crippen LogP contribution in [-0.4, -0.2) is 15.1 Å². The number of aromatic nitrogens is 2. The predicted octanol–water partition coefficient (Wildman–Crippen LogP) is 9.81. The van der Waals surface area contributed by atoms with Crippen molar-refractivity contribution in [3.05, 3.63) is 132 Å². The lowest BCUT2D eigenvalue weighted by Gasteiger charge is -2.28. The number of phenolic OH excluding ortho intramolecular Hbond substituents is 1. The molecular formula is C37H29N3O2. The Labute approximate surface area is 244 Å². The van der Waals surface area contributed by atoms with Crippen molar-refractivity contribution < 1.29 is 9.52 Å². The standard InChI is InChI=1S/C37H29N3O2/c1-23-19-24(2)36(25(3)20-23)40(34-17-8-9-18-38-34)27-12-10-11-26(21-27)35-37-30(28-13-5-7-16-33(28)42-37)22-31(39-35)29-14-4-6-15-32(29)41/h4-22,41H,1-3H3. The fourth-order valence-electron chi connectivity index (χ4n) is 5.93. The third-order valence-electron chi connectivity index (χ3n) is 7.66. The molecule has 0 radical (unpaired) electrons. The zero-order valence-corrected chi connectivity index (χ0v) is 23.7. The molecule has 7 aromatic rings. The molecule has 0 fully saturated rings. The summed E-state index contributed by atoms with van der Waals surface area (Å²) in [5.41, 5.74) is 10.1. The predicted molar refractivity (Wildman–Crippen MR) is 171 cm³/mol. The summed E-state index contributed by atoms with van der Waals surface area (Å²) in [4.78, 5) is 12.1. The lowest BCUT2D eigenvalue weighted by atomic mass is 10.0. The van der Waals surface area contributed by atoms with Gasteiger partial charge >= 0.3 is 0 Å².